The molecule has 4 rings (SSSR count). The smallest absolute Gasteiger partial charge is 0.269 e. The third kappa shape index (κ3) is 6.11. The number of aromatic nitrogens is 3. The van der Waals surface area contributed by atoms with Gasteiger partial charge < -0.3 is 15.1 Å². The van der Waals surface area contributed by atoms with Crippen molar-refractivity contribution in [3.8, 4) is 0 Å². The molecule has 0 radical (unpaired) electrons. The van der Waals surface area contributed by atoms with Crippen molar-refractivity contribution in [3.05, 3.63) is 69.2 Å². The fourth-order valence-electron chi connectivity index (χ4n) is 3.17. The highest BCUT2D eigenvalue weighted by Gasteiger charge is 2.18. The maximum absolute atomic E-state index is 10.9. The van der Waals surface area contributed by atoms with Crippen molar-refractivity contribution < 1.29 is 4.92 Å². The lowest BCUT2D eigenvalue weighted by Crippen LogP contribution is -2.45. The Balaban J connectivity index is 1.56. The van der Waals surface area contributed by atoms with Gasteiger partial charge in [-0.05, 0) is 36.9 Å². The molecule has 2 aromatic carbocycles. The Kier molecular flexibility index (Phi) is 6.91. The van der Waals surface area contributed by atoms with Gasteiger partial charge in [0, 0.05) is 49.0 Å². The average molecular weight is 468 g/mol. The number of rotatable bonds is 7. The summed E-state index contributed by atoms with van der Waals surface area (Å²) in [5.41, 5.74) is 4.30. The van der Waals surface area contributed by atoms with Crippen molar-refractivity contribution in [1.82, 2.24) is 19.9 Å². The third-order valence-electron chi connectivity index (χ3n) is 4.97. The summed E-state index contributed by atoms with van der Waals surface area (Å²) < 4.78 is 0. The van der Waals surface area contributed by atoms with Gasteiger partial charge in [0.25, 0.3) is 5.69 Å². The Labute approximate surface area is 195 Å². The van der Waals surface area contributed by atoms with Crippen LogP contribution < -0.4 is 15.6 Å². The van der Waals surface area contributed by atoms with Gasteiger partial charge in [-0.25, -0.2) is 5.43 Å². The summed E-state index contributed by atoms with van der Waals surface area (Å²) in [6.07, 6.45) is 1.62. The van der Waals surface area contributed by atoms with Crippen molar-refractivity contribution in [3.63, 3.8) is 0 Å². The van der Waals surface area contributed by atoms with Gasteiger partial charge >= 0.3 is 0 Å². The predicted octanol–water partition coefficient (Wildman–Crippen LogP) is 3.37. The van der Waals surface area contributed by atoms with Gasteiger partial charge in [0.15, 0.2) is 0 Å². The molecule has 0 amide bonds. The average Bonchev–Trinajstić information content (AvgIpc) is 2.80. The van der Waals surface area contributed by atoms with Gasteiger partial charge in [0.2, 0.25) is 17.8 Å². The number of non-ortho nitro benzene ring substituents is 1. The number of likely N-dealkylation sites (N-methyl/N-ethyl adjacent to an activating group) is 1. The fraction of sp³-hybridized carbons (Fsp3) is 0.238. The van der Waals surface area contributed by atoms with Crippen LogP contribution in [-0.4, -0.2) is 64.2 Å². The minimum Gasteiger partial charge on any atom is -0.338 e. The molecule has 0 unspecified atom stereocenters. The van der Waals surface area contributed by atoms with Crippen LogP contribution in [0.2, 0.25) is 5.02 Å². The number of nitrogens with zero attached hydrogens (tertiary/aromatic N) is 7. The zero-order valence-electron chi connectivity index (χ0n) is 17.8. The minimum absolute atomic E-state index is 0.00651. The summed E-state index contributed by atoms with van der Waals surface area (Å²) in [7, 11) is 2.07. The Morgan fingerprint density at radius 3 is 2.48 bits per heavy atom. The second-order valence-electron chi connectivity index (χ2n) is 7.43. The molecule has 0 atom stereocenters. The zero-order valence-corrected chi connectivity index (χ0v) is 18.6. The van der Waals surface area contributed by atoms with E-state index in [2.05, 4.69) is 47.6 Å². The molecule has 11 nitrogen and oxygen atoms in total. The lowest BCUT2D eigenvalue weighted by Gasteiger charge is -2.32. The number of hydrogen-bond acceptors (Lipinski definition) is 10. The van der Waals surface area contributed by atoms with E-state index in [1.807, 2.05) is 12.1 Å². The van der Waals surface area contributed by atoms with E-state index in [4.69, 9.17) is 11.6 Å². The number of nitro groups is 1. The molecule has 33 heavy (non-hydrogen) atoms. The molecule has 1 aliphatic rings. The lowest BCUT2D eigenvalue weighted by atomic mass is 10.2. The summed E-state index contributed by atoms with van der Waals surface area (Å²) >= 11 is 6.01. The summed E-state index contributed by atoms with van der Waals surface area (Å²) in [6.45, 7) is 3.35. The van der Waals surface area contributed by atoms with E-state index in [0.29, 0.717) is 22.6 Å². The van der Waals surface area contributed by atoms with Gasteiger partial charge in [-0.2, -0.15) is 20.1 Å². The largest absolute Gasteiger partial charge is 0.338 e. The second kappa shape index (κ2) is 10.2. The monoisotopic (exact) mass is 467 g/mol. The molecule has 1 fully saturated rings. The molecular formula is C21H22ClN9O2. The van der Waals surface area contributed by atoms with E-state index in [1.165, 1.54) is 12.1 Å². The number of hydrazone groups is 1. The third-order valence-corrected chi connectivity index (χ3v) is 5.21. The maximum atomic E-state index is 10.9. The van der Waals surface area contributed by atoms with Crippen molar-refractivity contribution in [1.29, 1.82) is 0 Å². The lowest BCUT2D eigenvalue weighted by molar-refractivity contribution is -0.384. The Morgan fingerprint density at radius 1 is 1.06 bits per heavy atom. The molecule has 1 aliphatic heterocycles. The molecule has 3 aromatic rings. The van der Waals surface area contributed by atoms with E-state index >= 15 is 0 Å². The summed E-state index contributed by atoms with van der Waals surface area (Å²) in [6, 6.07) is 13.3. The van der Waals surface area contributed by atoms with Crippen LogP contribution in [0.15, 0.2) is 53.6 Å². The summed E-state index contributed by atoms with van der Waals surface area (Å²) in [5, 5.41) is 18.8. The second-order valence-corrected chi connectivity index (χ2v) is 7.86. The summed E-state index contributed by atoms with van der Waals surface area (Å²) in [5.74, 6) is 1.08. The molecule has 0 spiro atoms. The van der Waals surface area contributed by atoms with Crippen molar-refractivity contribution in [2.75, 3.05) is 48.9 Å². The van der Waals surface area contributed by atoms with Gasteiger partial charge in [-0.3, -0.25) is 10.1 Å². The fourth-order valence-corrected chi connectivity index (χ4v) is 3.36. The number of piperazine rings is 1. The summed E-state index contributed by atoms with van der Waals surface area (Å²) in [4.78, 5) is 28.2. The number of benzene rings is 2. The normalized spacial score (nSPS) is 14.4. The van der Waals surface area contributed by atoms with Gasteiger partial charge in [-0.1, -0.05) is 23.7 Å². The first kappa shape index (κ1) is 22.4. The minimum atomic E-state index is -0.446. The Morgan fingerprint density at radius 2 is 1.79 bits per heavy atom. The number of halogens is 1. The molecule has 0 bridgehead atoms. The molecule has 0 saturated carbocycles. The number of hydrogen-bond donors (Lipinski definition) is 2. The highest BCUT2D eigenvalue weighted by molar-refractivity contribution is 6.30. The van der Waals surface area contributed by atoms with Crippen LogP contribution in [0.3, 0.4) is 0 Å². The van der Waals surface area contributed by atoms with E-state index in [9.17, 15) is 10.1 Å². The topological polar surface area (TPSA) is 125 Å². The molecule has 12 heteroatoms. The number of anilines is 4. The van der Waals surface area contributed by atoms with Crippen molar-refractivity contribution >= 4 is 47.0 Å². The Bertz CT molecular complexity index is 1150. The first-order valence-corrected chi connectivity index (χ1v) is 10.6. The molecule has 1 saturated heterocycles. The van der Waals surface area contributed by atoms with Crippen LogP contribution >= 0.6 is 11.6 Å². The van der Waals surface area contributed by atoms with Crippen LogP contribution in [0.5, 0.6) is 0 Å². The van der Waals surface area contributed by atoms with Gasteiger partial charge in [0.1, 0.15) is 0 Å². The molecule has 0 aliphatic carbocycles. The molecule has 2 heterocycles. The Hall–Kier alpha value is -3.83. The van der Waals surface area contributed by atoms with Gasteiger partial charge in [0.05, 0.1) is 11.1 Å². The van der Waals surface area contributed by atoms with Crippen LogP contribution in [-0.2, 0) is 0 Å². The zero-order chi connectivity index (χ0) is 23.2. The SMILES string of the molecule is CN1CCN(c2nc(N/N=C\c3cccc(Cl)c3)nc(Nc3ccc([N+](=O)[O-])cc3)n2)CC1. The van der Waals surface area contributed by atoms with Gasteiger partial charge in [-0.15, -0.1) is 0 Å². The van der Waals surface area contributed by atoms with Crippen LogP contribution in [0.1, 0.15) is 5.56 Å². The molecular weight excluding hydrogens is 446 g/mol. The van der Waals surface area contributed by atoms with E-state index < -0.39 is 4.92 Å². The predicted molar refractivity (Wildman–Crippen MR) is 129 cm³/mol. The quantitative estimate of drug-likeness (QED) is 0.305. The van der Waals surface area contributed by atoms with E-state index in [0.717, 1.165) is 31.7 Å². The highest BCUT2D eigenvalue weighted by atomic mass is 35.5. The number of nitro benzene ring substituents is 1. The van der Waals surface area contributed by atoms with E-state index in [1.54, 1.807) is 30.5 Å². The van der Waals surface area contributed by atoms with Crippen molar-refractivity contribution in [2.45, 2.75) is 0 Å². The first-order chi connectivity index (χ1) is 16.0. The molecule has 2 N–H and O–H groups in total. The molecule has 170 valence electrons. The number of nitrogens with one attached hydrogen (secondary N) is 2. The van der Waals surface area contributed by atoms with Crippen molar-refractivity contribution in [2.24, 2.45) is 5.10 Å². The maximum Gasteiger partial charge on any atom is 0.269 e. The van der Waals surface area contributed by atoms with E-state index in [-0.39, 0.29) is 11.6 Å². The highest BCUT2D eigenvalue weighted by Crippen LogP contribution is 2.21. The molecule has 1 aromatic heterocycles. The first-order valence-electron chi connectivity index (χ1n) is 10.2. The van der Waals surface area contributed by atoms with Crippen LogP contribution in [0.4, 0.5) is 29.2 Å². The van der Waals surface area contributed by atoms with Crippen LogP contribution in [0, 0.1) is 10.1 Å². The van der Waals surface area contributed by atoms with Crippen LogP contribution in [0.25, 0.3) is 0 Å². The standard InChI is InChI=1S/C21H22ClN9O2/c1-29-9-11-30(12-10-29)21-26-19(24-17-5-7-18(8-6-17)31(32)33)25-20(27-21)28-23-14-15-3-2-4-16(22)13-15/h2-8,13-14H,9-12H2,1H3,(H2,24,25,26,27,28)/b23-14-.